The van der Waals surface area contributed by atoms with Gasteiger partial charge >= 0.3 is 0 Å². The van der Waals surface area contributed by atoms with Crippen LogP contribution in [0.3, 0.4) is 0 Å². The molecule has 6 nitrogen and oxygen atoms in total. The van der Waals surface area contributed by atoms with Crippen molar-refractivity contribution in [3.8, 4) is 11.5 Å². The van der Waals surface area contributed by atoms with E-state index in [4.69, 9.17) is 13.9 Å². The molecule has 0 atom stereocenters. The molecule has 140 valence electrons. The highest BCUT2D eigenvalue weighted by molar-refractivity contribution is 5.99. The fourth-order valence-electron chi connectivity index (χ4n) is 3.40. The molecule has 0 bridgehead atoms. The summed E-state index contributed by atoms with van der Waals surface area (Å²) in [6.45, 7) is 3.11. The van der Waals surface area contributed by atoms with Crippen LogP contribution in [0.4, 0.5) is 0 Å². The van der Waals surface area contributed by atoms with Crippen molar-refractivity contribution in [1.82, 2.24) is 4.90 Å². The minimum absolute atomic E-state index is 0.0499. The minimum Gasteiger partial charge on any atom is -0.497 e. The Morgan fingerprint density at radius 1 is 1.26 bits per heavy atom. The van der Waals surface area contributed by atoms with Crippen LogP contribution in [0.25, 0.3) is 11.0 Å². The predicted molar refractivity (Wildman–Crippen MR) is 100 cm³/mol. The third-order valence-corrected chi connectivity index (χ3v) is 4.91. The number of aliphatic hydroxyl groups is 1. The van der Waals surface area contributed by atoms with Crippen LogP contribution in [0.2, 0.25) is 0 Å². The van der Waals surface area contributed by atoms with E-state index in [1.807, 2.05) is 37.3 Å². The van der Waals surface area contributed by atoms with Crippen LogP contribution >= 0.6 is 0 Å². The highest BCUT2D eigenvalue weighted by Crippen LogP contribution is 2.31. The van der Waals surface area contributed by atoms with Gasteiger partial charge in [-0.15, -0.1) is 0 Å². The molecule has 0 aliphatic carbocycles. The van der Waals surface area contributed by atoms with Gasteiger partial charge in [-0.1, -0.05) is 6.07 Å². The minimum atomic E-state index is -0.173. The second-order valence-corrected chi connectivity index (χ2v) is 6.59. The van der Waals surface area contributed by atoms with Crippen LogP contribution in [0, 0.1) is 6.92 Å². The number of benzene rings is 2. The fraction of sp³-hybridized carbons (Fsp3) is 0.286. The van der Waals surface area contributed by atoms with E-state index >= 15 is 0 Å². The summed E-state index contributed by atoms with van der Waals surface area (Å²) >= 11 is 0. The van der Waals surface area contributed by atoms with E-state index in [9.17, 15) is 9.90 Å². The van der Waals surface area contributed by atoms with Crippen molar-refractivity contribution in [3.63, 3.8) is 0 Å². The van der Waals surface area contributed by atoms with Crippen LogP contribution in [-0.2, 0) is 13.2 Å². The molecular formula is C21H21NO5. The number of aryl methyl sites for hydroxylation is 1. The van der Waals surface area contributed by atoms with Crippen molar-refractivity contribution < 1.29 is 23.8 Å². The maximum absolute atomic E-state index is 13.2. The number of aliphatic hydroxyl groups excluding tert-OH is 1. The molecule has 6 heteroatoms. The first-order valence-corrected chi connectivity index (χ1v) is 8.82. The van der Waals surface area contributed by atoms with Gasteiger partial charge in [0, 0.05) is 29.1 Å². The first kappa shape index (κ1) is 17.4. The molecule has 1 aliphatic heterocycles. The summed E-state index contributed by atoms with van der Waals surface area (Å²) in [5.74, 6) is 1.59. The third-order valence-electron chi connectivity index (χ3n) is 4.91. The lowest BCUT2D eigenvalue weighted by Crippen LogP contribution is -2.32. The molecule has 1 amide bonds. The second-order valence-electron chi connectivity index (χ2n) is 6.59. The molecular weight excluding hydrogens is 346 g/mol. The summed E-state index contributed by atoms with van der Waals surface area (Å²) in [4.78, 5) is 14.9. The van der Waals surface area contributed by atoms with Gasteiger partial charge in [-0.2, -0.15) is 0 Å². The molecule has 0 fully saturated rings. The van der Waals surface area contributed by atoms with Gasteiger partial charge in [0.1, 0.15) is 23.7 Å². The number of hydrogen-bond donors (Lipinski definition) is 1. The van der Waals surface area contributed by atoms with E-state index in [1.165, 1.54) is 0 Å². The van der Waals surface area contributed by atoms with Crippen LogP contribution in [0.15, 0.2) is 40.8 Å². The fourth-order valence-corrected chi connectivity index (χ4v) is 3.40. The molecule has 4 rings (SSSR count). The van der Waals surface area contributed by atoms with Crippen molar-refractivity contribution in [3.05, 3.63) is 58.8 Å². The van der Waals surface area contributed by atoms with E-state index in [-0.39, 0.29) is 12.5 Å². The Kier molecular flexibility index (Phi) is 4.49. The zero-order chi connectivity index (χ0) is 19.0. The summed E-state index contributed by atoms with van der Waals surface area (Å²) < 4.78 is 16.9. The van der Waals surface area contributed by atoms with E-state index in [0.29, 0.717) is 36.8 Å². The maximum atomic E-state index is 13.2. The number of ether oxygens (including phenoxy) is 2. The second kappa shape index (κ2) is 6.96. The van der Waals surface area contributed by atoms with Crippen molar-refractivity contribution in [2.24, 2.45) is 0 Å². The Bertz CT molecular complexity index is 1010. The Morgan fingerprint density at radius 3 is 2.89 bits per heavy atom. The zero-order valence-electron chi connectivity index (χ0n) is 15.3. The summed E-state index contributed by atoms with van der Waals surface area (Å²) in [6.07, 6.45) is 0. The number of nitrogens with zero attached hydrogens (tertiary/aromatic N) is 1. The number of carbonyl (C=O) groups excluding carboxylic acids is 1. The summed E-state index contributed by atoms with van der Waals surface area (Å²) in [7, 11) is 1.60. The zero-order valence-corrected chi connectivity index (χ0v) is 15.3. The number of rotatable bonds is 3. The van der Waals surface area contributed by atoms with Gasteiger partial charge in [0.15, 0.2) is 5.76 Å². The molecule has 0 radical (unpaired) electrons. The highest BCUT2D eigenvalue weighted by atomic mass is 16.5. The lowest BCUT2D eigenvalue weighted by atomic mass is 10.1. The molecule has 2 aromatic carbocycles. The third kappa shape index (κ3) is 3.13. The Morgan fingerprint density at radius 2 is 2.11 bits per heavy atom. The number of amides is 1. The first-order valence-electron chi connectivity index (χ1n) is 8.82. The average Bonchev–Trinajstić information content (AvgIpc) is 2.88. The Labute approximate surface area is 156 Å². The summed E-state index contributed by atoms with van der Waals surface area (Å²) in [5, 5.41) is 10.3. The average molecular weight is 367 g/mol. The quantitative estimate of drug-likeness (QED) is 0.769. The normalized spacial score (nSPS) is 13.8. The molecule has 27 heavy (non-hydrogen) atoms. The monoisotopic (exact) mass is 367 g/mol. The molecule has 1 aliphatic rings. The lowest BCUT2D eigenvalue weighted by Gasteiger charge is -2.19. The Balaban J connectivity index is 1.67. The molecule has 0 unspecified atom stereocenters. The number of hydrogen-bond acceptors (Lipinski definition) is 5. The van der Waals surface area contributed by atoms with Crippen molar-refractivity contribution in [2.75, 3.05) is 20.3 Å². The SMILES string of the molecule is COc1ccc2c(C)c(C(=O)N3CCOc4ccc(CO)cc4C3)oc2c1. The summed E-state index contributed by atoms with van der Waals surface area (Å²) in [5.41, 5.74) is 3.11. The molecule has 0 saturated heterocycles. The molecule has 0 saturated carbocycles. The van der Waals surface area contributed by atoms with E-state index in [2.05, 4.69) is 0 Å². The lowest BCUT2D eigenvalue weighted by molar-refractivity contribution is 0.0702. The van der Waals surface area contributed by atoms with Gasteiger partial charge in [-0.25, -0.2) is 0 Å². The van der Waals surface area contributed by atoms with Gasteiger partial charge in [0.05, 0.1) is 20.3 Å². The number of methoxy groups -OCH3 is 1. The van der Waals surface area contributed by atoms with Crippen LogP contribution in [-0.4, -0.2) is 36.2 Å². The van der Waals surface area contributed by atoms with Crippen molar-refractivity contribution in [2.45, 2.75) is 20.1 Å². The van der Waals surface area contributed by atoms with Crippen molar-refractivity contribution in [1.29, 1.82) is 0 Å². The molecule has 0 spiro atoms. The number of furan rings is 1. The van der Waals surface area contributed by atoms with Gasteiger partial charge in [0.2, 0.25) is 0 Å². The van der Waals surface area contributed by atoms with Crippen LogP contribution in [0.5, 0.6) is 11.5 Å². The van der Waals surface area contributed by atoms with Gasteiger partial charge in [0.25, 0.3) is 5.91 Å². The van der Waals surface area contributed by atoms with Crippen LogP contribution < -0.4 is 9.47 Å². The molecule has 1 aromatic heterocycles. The summed E-state index contributed by atoms with van der Waals surface area (Å²) in [6, 6.07) is 11.1. The Hall–Kier alpha value is -2.99. The van der Waals surface area contributed by atoms with Crippen LogP contribution in [0.1, 0.15) is 27.2 Å². The van der Waals surface area contributed by atoms with Crippen molar-refractivity contribution >= 4 is 16.9 Å². The topological polar surface area (TPSA) is 72.1 Å². The highest BCUT2D eigenvalue weighted by Gasteiger charge is 2.26. The first-order chi connectivity index (χ1) is 13.1. The predicted octanol–water partition coefficient (Wildman–Crippen LogP) is 3.28. The van der Waals surface area contributed by atoms with Gasteiger partial charge < -0.3 is 23.9 Å². The molecule has 2 heterocycles. The number of carbonyl (C=O) groups is 1. The van der Waals surface area contributed by atoms with Gasteiger partial charge in [-0.05, 0) is 36.8 Å². The van der Waals surface area contributed by atoms with Gasteiger partial charge in [-0.3, -0.25) is 4.79 Å². The largest absolute Gasteiger partial charge is 0.497 e. The van der Waals surface area contributed by atoms with E-state index in [1.54, 1.807) is 18.1 Å². The standard InChI is InChI=1S/C21H21NO5/c1-13-17-5-4-16(25-2)10-19(17)27-20(13)21(24)22-7-8-26-18-6-3-14(12-23)9-15(18)11-22/h3-6,9-10,23H,7-8,11-12H2,1-2H3. The molecule has 3 aromatic rings. The molecule has 1 N–H and O–H groups in total. The smallest absolute Gasteiger partial charge is 0.290 e. The van der Waals surface area contributed by atoms with E-state index in [0.717, 1.165) is 27.8 Å². The van der Waals surface area contributed by atoms with E-state index < -0.39 is 0 Å². The maximum Gasteiger partial charge on any atom is 0.290 e. The number of fused-ring (bicyclic) bond motifs is 2.